The molecule has 7 atom stereocenters. The van der Waals surface area contributed by atoms with Gasteiger partial charge in [-0.25, -0.2) is 8.42 Å². The molecule has 3 aliphatic rings. The Morgan fingerprint density at radius 3 is 2.55 bits per heavy atom. The summed E-state index contributed by atoms with van der Waals surface area (Å²) in [5, 5.41) is 6.87. The number of nitrogens with zero attached hydrogens (tertiary/aromatic N) is 1. The Labute approximate surface area is 206 Å². The molecule has 0 spiro atoms. The molecule has 0 bridgehead atoms. The lowest BCUT2D eigenvalue weighted by atomic mass is 9.73. The van der Waals surface area contributed by atoms with E-state index in [-0.39, 0.29) is 11.3 Å². The second-order valence-electron chi connectivity index (χ2n) is 11.0. The van der Waals surface area contributed by atoms with Crippen LogP contribution >= 0.6 is 0 Å². The summed E-state index contributed by atoms with van der Waals surface area (Å²) in [5.41, 5.74) is 0. The van der Waals surface area contributed by atoms with Crippen molar-refractivity contribution in [3.63, 3.8) is 0 Å². The van der Waals surface area contributed by atoms with Crippen LogP contribution in [0.1, 0.15) is 90.9 Å². The van der Waals surface area contributed by atoms with Gasteiger partial charge in [0, 0.05) is 25.2 Å². The predicted molar refractivity (Wildman–Crippen MR) is 140 cm³/mol. The van der Waals surface area contributed by atoms with Crippen molar-refractivity contribution in [1.82, 2.24) is 14.9 Å². The van der Waals surface area contributed by atoms with Gasteiger partial charge in [-0.3, -0.25) is 0 Å². The van der Waals surface area contributed by atoms with E-state index < -0.39 is 10.0 Å². The lowest BCUT2D eigenvalue weighted by Gasteiger charge is -2.50. The minimum atomic E-state index is -3.31. The zero-order chi connectivity index (χ0) is 23.8. The Morgan fingerprint density at radius 1 is 1.06 bits per heavy atom. The largest absolute Gasteiger partial charge is 0.319 e. The maximum absolute atomic E-state index is 14.3. The number of piperazine rings is 1. The first-order chi connectivity index (χ1) is 16.0. The zero-order valence-corrected chi connectivity index (χ0v) is 22.4. The van der Waals surface area contributed by atoms with Gasteiger partial charge in [-0.05, 0) is 75.8 Å². The van der Waals surface area contributed by atoms with Crippen LogP contribution in [0.2, 0.25) is 6.32 Å². The lowest BCUT2D eigenvalue weighted by Crippen LogP contribution is -2.65. The molecule has 1 heterocycles. The van der Waals surface area contributed by atoms with Gasteiger partial charge in [-0.2, -0.15) is 4.31 Å². The van der Waals surface area contributed by atoms with Crippen LogP contribution in [0.5, 0.6) is 0 Å². The Hall–Kier alpha value is -0.105. The third-order valence-corrected chi connectivity index (χ3v) is 11.6. The molecule has 1 saturated heterocycles. The molecule has 33 heavy (non-hydrogen) atoms. The Morgan fingerprint density at radius 2 is 1.85 bits per heavy atom. The van der Waals surface area contributed by atoms with Gasteiger partial charge in [-0.15, -0.1) is 0 Å². The molecular formula is C26H50BN3O2S. The van der Waals surface area contributed by atoms with Crippen molar-refractivity contribution in [2.45, 2.75) is 115 Å². The highest BCUT2D eigenvalue weighted by atomic mass is 32.2. The second-order valence-corrected chi connectivity index (χ2v) is 13.1. The standard InChI is InChI=1S/C26H50BN3O2S/c1-4-20-13-14-22(23(19-28-3)10-7-6-8-15-27)18-25(20)33(31,32)30-17-16-29-24-12-9-11-21(5-2)26(24)30/h20-26,28-29H,4-19H2,1-3H3. The van der Waals surface area contributed by atoms with Crippen molar-refractivity contribution in [3.05, 3.63) is 0 Å². The van der Waals surface area contributed by atoms with Gasteiger partial charge in [-0.1, -0.05) is 58.7 Å². The molecule has 0 amide bonds. The molecule has 0 aromatic heterocycles. The summed E-state index contributed by atoms with van der Waals surface area (Å²) < 4.78 is 30.6. The van der Waals surface area contributed by atoms with Gasteiger partial charge in [0.1, 0.15) is 0 Å². The number of sulfonamides is 1. The van der Waals surface area contributed by atoms with Crippen LogP contribution in [0.4, 0.5) is 0 Å². The number of hydrogen-bond acceptors (Lipinski definition) is 4. The maximum Gasteiger partial charge on any atom is 0.217 e. The van der Waals surface area contributed by atoms with E-state index >= 15 is 0 Å². The van der Waals surface area contributed by atoms with E-state index in [0.29, 0.717) is 36.3 Å². The second kappa shape index (κ2) is 13.3. The Bertz CT molecular complexity index is 668. The molecule has 7 unspecified atom stereocenters. The lowest BCUT2D eigenvalue weighted by molar-refractivity contribution is 0.0988. The molecule has 190 valence electrons. The minimum Gasteiger partial charge on any atom is -0.319 e. The molecule has 0 aromatic carbocycles. The normalized spacial score (nSPS) is 34.6. The molecule has 3 rings (SSSR count). The highest BCUT2D eigenvalue weighted by Gasteiger charge is 2.49. The van der Waals surface area contributed by atoms with Crippen molar-refractivity contribution in [3.8, 4) is 0 Å². The maximum atomic E-state index is 14.3. The zero-order valence-electron chi connectivity index (χ0n) is 21.6. The first-order valence-electron chi connectivity index (χ1n) is 14.1. The van der Waals surface area contributed by atoms with Crippen LogP contribution in [0.15, 0.2) is 0 Å². The third-order valence-electron chi connectivity index (χ3n) is 9.20. The van der Waals surface area contributed by atoms with E-state index in [2.05, 4.69) is 24.5 Å². The van der Waals surface area contributed by atoms with Crippen molar-refractivity contribution < 1.29 is 8.42 Å². The average Bonchev–Trinajstić information content (AvgIpc) is 2.84. The number of unbranched alkanes of at least 4 members (excludes halogenated alkanes) is 2. The molecule has 2 aliphatic carbocycles. The van der Waals surface area contributed by atoms with E-state index in [1.807, 2.05) is 11.4 Å². The van der Waals surface area contributed by atoms with Crippen LogP contribution in [-0.4, -0.2) is 64.6 Å². The van der Waals surface area contributed by atoms with Crippen LogP contribution in [0.3, 0.4) is 0 Å². The highest BCUT2D eigenvalue weighted by Crippen LogP contribution is 2.43. The fraction of sp³-hybridized carbons (Fsp3) is 1.00. The minimum absolute atomic E-state index is 0.157. The topological polar surface area (TPSA) is 61.4 Å². The first-order valence-corrected chi connectivity index (χ1v) is 15.6. The highest BCUT2D eigenvalue weighted by molar-refractivity contribution is 7.89. The van der Waals surface area contributed by atoms with E-state index in [1.165, 1.54) is 38.5 Å². The van der Waals surface area contributed by atoms with Crippen LogP contribution in [0.25, 0.3) is 0 Å². The number of rotatable bonds is 12. The van der Waals surface area contributed by atoms with Gasteiger partial charge in [0.15, 0.2) is 0 Å². The molecule has 2 radical (unpaired) electrons. The predicted octanol–water partition coefficient (Wildman–Crippen LogP) is 4.35. The SMILES string of the molecule is [B]CCCCCC(CNC)C1CCC(CC)C(S(=O)(=O)N2CCNC3CCCC(CC)C32)C1. The quantitative estimate of drug-likeness (QED) is 0.323. The summed E-state index contributed by atoms with van der Waals surface area (Å²) >= 11 is 0. The molecule has 3 fully saturated rings. The summed E-state index contributed by atoms with van der Waals surface area (Å²) in [4.78, 5) is 0. The molecular weight excluding hydrogens is 429 g/mol. The number of fused-ring (bicyclic) bond motifs is 1. The number of hydrogen-bond donors (Lipinski definition) is 2. The van der Waals surface area contributed by atoms with E-state index in [1.54, 1.807) is 0 Å². The van der Waals surface area contributed by atoms with Gasteiger partial charge >= 0.3 is 0 Å². The van der Waals surface area contributed by atoms with Crippen LogP contribution < -0.4 is 10.6 Å². The van der Waals surface area contributed by atoms with Gasteiger partial charge in [0.2, 0.25) is 10.0 Å². The summed E-state index contributed by atoms with van der Waals surface area (Å²) in [6, 6.07) is 0.496. The molecule has 5 nitrogen and oxygen atoms in total. The van der Waals surface area contributed by atoms with Crippen molar-refractivity contribution in [1.29, 1.82) is 0 Å². The Balaban J connectivity index is 1.78. The van der Waals surface area contributed by atoms with E-state index in [4.69, 9.17) is 7.85 Å². The van der Waals surface area contributed by atoms with Gasteiger partial charge < -0.3 is 10.6 Å². The van der Waals surface area contributed by atoms with Gasteiger partial charge in [0.05, 0.1) is 13.1 Å². The fourth-order valence-electron chi connectivity index (χ4n) is 7.33. The molecule has 2 N–H and O–H groups in total. The molecule has 7 heteroatoms. The van der Waals surface area contributed by atoms with Crippen molar-refractivity contribution in [2.75, 3.05) is 26.7 Å². The molecule has 1 aliphatic heterocycles. The summed E-state index contributed by atoms with van der Waals surface area (Å²) in [5.74, 6) is 1.86. The first kappa shape index (κ1) is 27.5. The number of nitrogens with one attached hydrogen (secondary N) is 2. The van der Waals surface area contributed by atoms with Crippen LogP contribution in [-0.2, 0) is 10.0 Å². The summed E-state index contributed by atoms with van der Waals surface area (Å²) in [7, 11) is 4.41. The average molecular weight is 480 g/mol. The van der Waals surface area contributed by atoms with E-state index in [9.17, 15) is 8.42 Å². The summed E-state index contributed by atoms with van der Waals surface area (Å²) in [6.45, 7) is 6.88. The molecule has 0 aromatic rings. The van der Waals surface area contributed by atoms with Gasteiger partial charge in [0.25, 0.3) is 0 Å². The van der Waals surface area contributed by atoms with E-state index in [0.717, 1.165) is 57.9 Å². The monoisotopic (exact) mass is 479 g/mol. The third kappa shape index (κ3) is 6.56. The summed E-state index contributed by atoms with van der Waals surface area (Å²) in [6.07, 6.45) is 14.1. The van der Waals surface area contributed by atoms with Crippen molar-refractivity contribution >= 4 is 17.9 Å². The van der Waals surface area contributed by atoms with Crippen LogP contribution in [0, 0.1) is 23.7 Å². The smallest absolute Gasteiger partial charge is 0.217 e. The Kier molecular flexibility index (Phi) is 11.1. The molecule has 2 saturated carbocycles. The van der Waals surface area contributed by atoms with Crippen molar-refractivity contribution in [2.24, 2.45) is 23.7 Å². The fourth-order valence-corrected chi connectivity index (χ4v) is 9.99.